The average Bonchev–Trinajstić information content (AvgIpc) is 2.57. The molecule has 14 heavy (non-hydrogen) atoms. The first-order valence-electron chi connectivity index (χ1n) is 4.81. The van der Waals surface area contributed by atoms with Gasteiger partial charge in [0, 0.05) is 0 Å². The van der Waals surface area contributed by atoms with Gasteiger partial charge >= 0.3 is 5.97 Å². The Balaban J connectivity index is 2.46. The molecule has 0 spiro atoms. The Morgan fingerprint density at radius 2 is 1.93 bits per heavy atom. The fraction of sp³-hybridized carbons (Fsp3) is 0.700. The molecule has 0 saturated heterocycles. The number of ether oxygens (including phenoxy) is 1. The Morgan fingerprint density at radius 3 is 2.36 bits per heavy atom. The minimum absolute atomic E-state index is 0.0932. The second-order valence-electron chi connectivity index (χ2n) is 3.57. The van der Waals surface area contributed by atoms with Crippen molar-refractivity contribution in [2.45, 2.75) is 38.7 Å². The second kappa shape index (κ2) is 4.88. The molecule has 0 aromatic rings. The molecule has 1 saturated carbocycles. The fourth-order valence-electron chi connectivity index (χ4n) is 1.56. The van der Waals surface area contributed by atoms with E-state index in [0.29, 0.717) is 6.29 Å². The quantitative estimate of drug-likeness (QED) is 0.382. The van der Waals surface area contributed by atoms with Crippen molar-refractivity contribution in [1.82, 2.24) is 0 Å². The molecular weight excluding hydrogens is 184 g/mol. The minimum atomic E-state index is -1.23. The monoisotopic (exact) mass is 198 g/mol. The van der Waals surface area contributed by atoms with Crippen molar-refractivity contribution in [3.8, 4) is 0 Å². The zero-order valence-electron chi connectivity index (χ0n) is 8.19. The van der Waals surface area contributed by atoms with E-state index in [4.69, 9.17) is 4.74 Å². The van der Waals surface area contributed by atoms with Crippen molar-refractivity contribution in [3.05, 3.63) is 0 Å². The highest BCUT2D eigenvalue weighted by atomic mass is 16.5. The highest BCUT2D eigenvalue weighted by Crippen LogP contribution is 2.21. The van der Waals surface area contributed by atoms with E-state index in [1.807, 2.05) is 0 Å². The summed E-state index contributed by atoms with van der Waals surface area (Å²) in [7, 11) is 0. The van der Waals surface area contributed by atoms with E-state index in [1.54, 1.807) is 0 Å². The number of Topliss-reactive ketones (excluding diaryl/α,β-unsaturated/α-hetero) is 1. The SMILES string of the molecule is CC(=O)C(C=O)C(=O)OC1CCCC1. The molecule has 1 atom stereocenters. The number of carbonyl (C=O) groups excluding carboxylic acids is 3. The first kappa shape index (κ1) is 10.9. The van der Waals surface area contributed by atoms with Crippen molar-refractivity contribution in [1.29, 1.82) is 0 Å². The third-order valence-corrected chi connectivity index (χ3v) is 2.41. The van der Waals surface area contributed by atoms with Crippen molar-refractivity contribution in [2.24, 2.45) is 5.92 Å². The van der Waals surface area contributed by atoms with Crippen molar-refractivity contribution in [2.75, 3.05) is 0 Å². The lowest BCUT2D eigenvalue weighted by molar-refractivity contribution is -0.156. The summed E-state index contributed by atoms with van der Waals surface area (Å²) in [6, 6.07) is 0. The van der Waals surface area contributed by atoms with E-state index in [2.05, 4.69) is 0 Å². The molecule has 1 unspecified atom stereocenters. The molecule has 0 heterocycles. The van der Waals surface area contributed by atoms with Crippen LogP contribution in [0.15, 0.2) is 0 Å². The second-order valence-corrected chi connectivity index (χ2v) is 3.57. The van der Waals surface area contributed by atoms with E-state index in [-0.39, 0.29) is 6.10 Å². The fourth-order valence-corrected chi connectivity index (χ4v) is 1.56. The predicted octanol–water partition coefficient (Wildman–Crippen LogP) is 0.876. The van der Waals surface area contributed by atoms with E-state index in [0.717, 1.165) is 25.7 Å². The summed E-state index contributed by atoms with van der Waals surface area (Å²) in [4.78, 5) is 32.6. The van der Waals surface area contributed by atoms with Gasteiger partial charge in [0.1, 0.15) is 12.4 Å². The Morgan fingerprint density at radius 1 is 1.36 bits per heavy atom. The third kappa shape index (κ3) is 2.65. The Kier molecular flexibility index (Phi) is 3.80. The zero-order chi connectivity index (χ0) is 10.6. The molecule has 1 rings (SSSR count). The molecule has 1 aliphatic rings. The van der Waals surface area contributed by atoms with E-state index >= 15 is 0 Å². The van der Waals surface area contributed by atoms with Gasteiger partial charge in [0.2, 0.25) is 0 Å². The lowest BCUT2D eigenvalue weighted by atomic mass is 10.1. The molecule has 1 fully saturated rings. The molecule has 1 aliphatic carbocycles. The Labute approximate surface area is 82.6 Å². The van der Waals surface area contributed by atoms with Crippen LogP contribution < -0.4 is 0 Å². The molecular formula is C10H14O4. The molecule has 0 N–H and O–H groups in total. The van der Waals surface area contributed by atoms with Gasteiger partial charge < -0.3 is 9.53 Å². The number of aldehydes is 1. The summed E-state index contributed by atoms with van der Waals surface area (Å²) in [6.07, 6.45) is 4.03. The standard InChI is InChI=1S/C10H14O4/c1-7(12)9(6-11)10(13)14-8-4-2-3-5-8/h6,8-9H,2-5H2,1H3. The van der Waals surface area contributed by atoms with Crippen LogP contribution in [0.25, 0.3) is 0 Å². The van der Waals surface area contributed by atoms with Gasteiger partial charge in [0.25, 0.3) is 0 Å². The Hall–Kier alpha value is -1.19. The van der Waals surface area contributed by atoms with Gasteiger partial charge in [0.15, 0.2) is 11.7 Å². The lowest BCUT2D eigenvalue weighted by Gasteiger charge is -2.13. The molecule has 4 heteroatoms. The van der Waals surface area contributed by atoms with Gasteiger partial charge in [-0.25, -0.2) is 0 Å². The third-order valence-electron chi connectivity index (χ3n) is 2.41. The Bertz CT molecular complexity index is 241. The van der Waals surface area contributed by atoms with Crippen LogP contribution in [-0.4, -0.2) is 24.1 Å². The number of carbonyl (C=O) groups is 3. The van der Waals surface area contributed by atoms with E-state index in [9.17, 15) is 14.4 Å². The number of hydrogen-bond donors (Lipinski definition) is 0. The lowest BCUT2D eigenvalue weighted by Crippen LogP contribution is -2.28. The van der Waals surface area contributed by atoms with Gasteiger partial charge in [-0.2, -0.15) is 0 Å². The van der Waals surface area contributed by atoms with Gasteiger partial charge in [-0.05, 0) is 32.6 Å². The molecule has 0 bridgehead atoms. The normalized spacial score (nSPS) is 18.9. The maximum absolute atomic E-state index is 11.3. The summed E-state index contributed by atoms with van der Waals surface area (Å²) in [5.41, 5.74) is 0. The van der Waals surface area contributed by atoms with Crippen LogP contribution in [0, 0.1) is 5.92 Å². The van der Waals surface area contributed by atoms with Crippen LogP contribution in [0.5, 0.6) is 0 Å². The van der Waals surface area contributed by atoms with Crippen molar-refractivity contribution >= 4 is 18.0 Å². The van der Waals surface area contributed by atoms with Gasteiger partial charge in [-0.3, -0.25) is 9.59 Å². The average molecular weight is 198 g/mol. The maximum Gasteiger partial charge on any atom is 0.324 e. The topological polar surface area (TPSA) is 60.4 Å². The van der Waals surface area contributed by atoms with E-state index in [1.165, 1.54) is 6.92 Å². The first-order valence-corrected chi connectivity index (χ1v) is 4.81. The summed E-state index contributed by atoms with van der Waals surface area (Å²) < 4.78 is 5.03. The summed E-state index contributed by atoms with van der Waals surface area (Å²) in [5, 5.41) is 0. The summed E-state index contributed by atoms with van der Waals surface area (Å²) in [5.74, 6) is -2.38. The van der Waals surface area contributed by atoms with Crippen LogP contribution in [0.3, 0.4) is 0 Å². The first-order chi connectivity index (χ1) is 6.65. The molecule has 0 aliphatic heterocycles. The highest BCUT2D eigenvalue weighted by Gasteiger charge is 2.28. The van der Waals surface area contributed by atoms with Crippen LogP contribution in [-0.2, 0) is 19.1 Å². The number of ketones is 1. The van der Waals surface area contributed by atoms with Crippen LogP contribution in [0.2, 0.25) is 0 Å². The molecule has 78 valence electrons. The molecule has 0 aromatic carbocycles. The molecule has 0 radical (unpaired) electrons. The van der Waals surface area contributed by atoms with Crippen molar-refractivity contribution < 1.29 is 19.1 Å². The van der Waals surface area contributed by atoms with Gasteiger partial charge in [0.05, 0.1) is 0 Å². The molecule has 0 aromatic heterocycles. The number of esters is 1. The smallest absolute Gasteiger partial charge is 0.324 e. The van der Waals surface area contributed by atoms with Gasteiger partial charge in [-0.1, -0.05) is 0 Å². The van der Waals surface area contributed by atoms with Crippen LogP contribution in [0.4, 0.5) is 0 Å². The largest absolute Gasteiger partial charge is 0.462 e. The van der Waals surface area contributed by atoms with Crippen LogP contribution >= 0.6 is 0 Å². The number of rotatable bonds is 4. The van der Waals surface area contributed by atoms with E-state index < -0.39 is 17.7 Å². The van der Waals surface area contributed by atoms with Crippen LogP contribution in [0.1, 0.15) is 32.6 Å². The maximum atomic E-state index is 11.3. The highest BCUT2D eigenvalue weighted by molar-refractivity contribution is 6.09. The van der Waals surface area contributed by atoms with Crippen molar-refractivity contribution in [3.63, 3.8) is 0 Å². The number of hydrogen-bond acceptors (Lipinski definition) is 4. The summed E-state index contributed by atoms with van der Waals surface area (Å²) in [6.45, 7) is 1.22. The summed E-state index contributed by atoms with van der Waals surface area (Å²) >= 11 is 0. The zero-order valence-corrected chi connectivity index (χ0v) is 8.19. The predicted molar refractivity (Wildman–Crippen MR) is 48.6 cm³/mol. The minimum Gasteiger partial charge on any atom is -0.462 e. The van der Waals surface area contributed by atoms with Gasteiger partial charge in [-0.15, -0.1) is 0 Å². The molecule has 4 nitrogen and oxygen atoms in total. The molecule has 0 amide bonds.